The van der Waals surface area contributed by atoms with Gasteiger partial charge < -0.3 is 9.64 Å². The molecular weight excluding hydrogens is 358 g/mol. The lowest BCUT2D eigenvalue weighted by molar-refractivity contribution is -0.137. The smallest absolute Gasteiger partial charge is 0.255 e. The van der Waals surface area contributed by atoms with Crippen LogP contribution in [0.5, 0.6) is 0 Å². The zero-order valence-corrected chi connectivity index (χ0v) is 14.9. The molecule has 0 aliphatic carbocycles. The van der Waals surface area contributed by atoms with E-state index in [2.05, 4.69) is 10.2 Å². The molecule has 0 aromatic carbocycles. The zero-order chi connectivity index (χ0) is 17.7. The van der Waals surface area contributed by atoms with Gasteiger partial charge in [-0.3, -0.25) is 14.5 Å². The van der Waals surface area contributed by atoms with E-state index in [9.17, 15) is 13.6 Å². The van der Waals surface area contributed by atoms with Crippen molar-refractivity contribution in [1.82, 2.24) is 19.7 Å². The summed E-state index contributed by atoms with van der Waals surface area (Å²) in [5, 5.41) is 8.70. The van der Waals surface area contributed by atoms with Crippen molar-refractivity contribution in [2.24, 2.45) is 0 Å². The van der Waals surface area contributed by atoms with E-state index in [4.69, 9.17) is 17.0 Å². The van der Waals surface area contributed by atoms with Crippen LogP contribution in [-0.2, 0) is 9.53 Å². The topological polar surface area (TPSA) is 63.1 Å². The van der Waals surface area contributed by atoms with E-state index < -0.39 is 24.9 Å². The summed E-state index contributed by atoms with van der Waals surface area (Å²) in [4.78, 5) is 14.6. The number of nitrogens with one attached hydrogen (secondary N) is 1. The Morgan fingerprint density at radius 2 is 2.33 bits per heavy atom. The molecule has 2 heterocycles. The van der Waals surface area contributed by atoms with Gasteiger partial charge >= 0.3 is 0 Å². The van der Waals surface area contributed by atoms with Crippen molar-refractivity contribution in [3.8, 4) is 10.7 Å². The van der Waals surface area contributed by atoms with E-state index in [0.717, 1.165) is 9.78 Å². The lowest BCUT2D eigenvalue weighted by atomic mass is 10.2. The fourth-order valence-electron chi connectivity index (χ4n) is 2.28. The van der Waals surface area contributed by atoms with Gasteiger partial charge in [0.25, 0.3) is 6.43 Å². The van der Waals surface area contributed by atoms with Crippen LogP contribution in [0, 0.1) is 4.77 Å². The van der Waals surface area contributed by atoms with Crippen LogP contribution in [-0.4, -0.2) is 58.8 Å². The van der Waals surface area contributed by atoms with Crippen LogP contribution in [0.25, 0.3) is 10.7 Å². The number of rotatable bonds is 8. The van der Waals surface area contributed by atoms with Crippen molar-refractivity contribution in [2.45, 2.75) is 19.4 Å². The molecule has 2 aromatic rings. The number of alkyl halides is 2. The maximum absolute atomic E-state index is 12.8. The Kier molecular flexibility index (Phi) is 6.58. The van der Waals surface area contributed by atoms with Crippen molar-refractivity contribution in [3.63, 3.8) is 0 Å². The van der Waals surface area contributed by atoms with Crippen molar-refractivity contribution in [3.05, 3.63) is 22.3 Å². The monoisotopic (exact) mass is 376 g/mol. The van der Waals surface area contributed by atoms with Gasteiger partial charge in [0.2, 0.25) is 5.91 Å². The average molecular weight is 376 g/mol. The number of carbonyl (C=O) groups is 1. The summed E-state index contributed by atoms with van der Waals surface area (Å²) in [6.45, 7) is 1.24. The van der Waals surface area contributed by atoms with Gasteiger partial charge in [-0.15, -0.1) is 11.3 Å². The third kappa shape index (κ3) is 4.25. The molecule has 0 saturated carbocycles. The van der Waals surface area contributed by atoms with Crippen LogP contribution in [0.4, 0.5) is 8.78 Å². The molecule has 0 aliphatic heterocycles. The number of hydrogen-bond donors (Lipinski definition) is 1. The minimum Gasteiger partial charge on any atom is -0.383 e. The summed E-state index contributed by atoms with van der Waals surface area (Å²) >= 11 is 6.66. The fourth-order valence-corrected chi connectivity index (χ4v) is 3.28. The van der Waals surface area contributed by atoms with Gasteiger partial charge in [-0.25, -0.2) is 8.78 Å². The predicted octanol–water partition coefficient (Wildman–Crippen LogP) is 2.97. The number of aromatic nitrogens is 3. The Bertz CT molecular complexity index is 715. The van der Waals surface area contributed by atoms with E-state index >= 15 is 0 Å². The van der Waals surface area contributed by atoms with E-state index in [-0.39, 0.29) is 17.9 Å². The maximum atomic E-state index is 12.8. The molecule has 1 amide bonds. The van der Waals surface area contributed by atoms with Crippen LogP contribution >= 0.6 is 23.6 Å². The van der Waals surface area contributed by atoms with Gasteiger partial charge in [0, 0.05) is 13.7 Å². The van der Waals surface area contributed by atoms with Gasteiger partial charge in [0.1, 0.15) is 6.04 Å². The molecule has 2 rings (SSSR count). The molecule has 10 heteroatoms. The highest BCUT2D eigenvalue weighted by atomic mass is 32.1. The lowest BCUT2D eigenvalue weighted by Gasteiger charge is -2.26. The number of ether oxygens (including phenoxy) is 1. The van der Waals surface area contributed by atoms with Crippen molar-refractivity contribution < 1.29 is 18.3 Å². The Morgan fingerprint density at radius 1 is 1.58 bits per heavy atom. The summed E-state index contributed by atoms with van der Waals surface area (Å²) in [6, 6.07) is 2.95. The molecular formula is C14H18F2N4O2S2. The van der Waals surface area contributed by atoms with Crippen LogP contribution in [0.2, 0.25) is 0 Å². The minimum atomic E-state index is -2.62. The molecule has 1 N–H and O–H groups in total. The molecule has 0 saturated heterocycles. The molecule has 6 nitrogen and oxygen atoms in total. The molecule has 0 radical (unpaired) electrons. The number of thiophene rings is 1. The highest BCUT2D eigenvalue weighted by Crippen LogP contribution is 2.26. The summed E-state index contributed by atoms with van der Waals surface area (Å²) in [7, 11) is 1.45. The molecule has 0 spiro atoms. The summed E-state index contributed by atoms with van der Waals surface area (Å²) in [5.74, 6) is 0.0576. The van der Waals surface area contributed by atoms with E-state index in [1.165, 1.54) is 18.4 Å². The molecule has 2 aromatic heterocycles. The number of carbonyl (C=O) groups excluding carboxylic acids is 1. The SMILES string of the molecule is COCCN(CC(F)F)C(=O)C(C)n1c(-c2cccs2)n[nH]c1=S. The first-order chi connectivity index (χ1) is 11.5. The molecule has 0 bridgehead atoms. The summed E-state index contributed by atoms with van der Waals surface area (Å²) in [5.41, 5.74) is 0. The van der Waals surface area contributed by atoms with Crippen molar-refractivity contribution in [1.29, 1.82) is 0 Å². The van der Waals surface area contributed by atoms with Crippen LogP contribution in [0.15, 0.2) is 17.5 Å². The van der Waals surface area contributed by atoms with E-state index in [0.29, 0.717) is 5.82 Å². The molecule has 0 aliphatic rings. The van der Waals surface area contributed by atoms with Gasteiger partial charge in [0.15, 0.2) is 10.6 Å². The maximum Gasteiger partial charge on any atom is 0.255 e. The van der Waals surface area contributed by atoms with Crippen LogP contribution in [0.3, 0.4) is 0 Å². The number of nitrogens with zero attached hydrogens (tertiary/aromatic N) is 3. The number of methoxy groups -OCH3 is 1. The highest BCUT2D eigenvalue weighted by molar-refractivity contribution is 7.71. The minimum absolute atomic E-state index is 0.0868. The second kappa shape index (κ2) is 8.45. The Balaban J connectivity index is 2.29. The normalized spacial score (nSPS) is 12.5. The molecule has 0 fully saturated rings. The standard InChI is InChI=1S/C14H18F2N4O2S2/c1-9(13(21)19(5-6-22-2)8-11(15)16)20-12(17-18-14(20)23)10-4-3-7-24-10/h3-4,7,9,11H,5-6,8H2,1-2H3,(H,18,23). The van der Waals surface area contributed by atoms with Gasteiger partial charge in [-0.2, -0.15) is 5.10 Å². The second-order valence-corrected chi connectivity index (χ2v) is 6.38. The quantitative estimate of drug-likeness (QED) is 0.720. The molecule has 24 heavy (non-hydrogen) atoms. The molecule has 1 atom stereocenters. The Hall–Kier alpha value is -1.65. The second-order valence-electron chi connectivity index (χ2n) is 5.04. The lowest BCUT2D eigenvalue weighted by Crippen LogP contribution is -2.41. The first-order valence-electron chi connectivity index (χ1n) is 7.22. The predicted molar refractivity (Wildman–Crippen MR) is 89.9 cm³/mol. The van der Waals surface area contributed by atoms with Gasteiger partial charge in [-0.05, 0) is 30.6 Å². The summed E-state index contributed by atoms with van der Waals surface area (Å²) < 4.78 is 32.3. The number of H-pyrrole nitrogens is 1. The van der Waals surface area contributed by atoms with Crippen molar-refractivity contribution >= 4 is 29.5 Å². The third-order valence-electron chi connectivity index (χ3n) is 3.43. The number of amides is 1. The largest absolute Gasteiger partial charge is 0.383 e. The summed E-state index contributed by atoms with van der Waals surface area (Å²) in [6.07, 6.45) is -2.62. The van der Waals surface area contributed by atoms with Crippen molar-refractivity contribution in [2.75, 3.05) is 26.8 Å². The third-order valence-corrected chi connectivity index (χ3v) is 4.58. The Labute approximate surface area is 147 Å². The fraction of sp³-hybridized carbons (Fsp3) is 0.500. The first-order valence-corrected chi connectivity index (χ1v) is 8.51. The number of aromatic amines is 1. The molecule has 1 unspecified atom stereocenters. The average Bonchev–Trinajstić information content (AvgIpc) is 3.18. The number of hydrogen-bond acceptors (Lipinski definition) is 5. The van der Waals surface area contributed by atoms with Crippen LogP contribution in [0.1, 0.15) is 13.0 Å². The van der Waals surface area contributed by atoms with Crippen LogP contribution < -0.4 is 0 Å². The van der Waals surface area contributed by atoms with E-state index in [1.807, 2.05) is 17.5 Å². The first kappa shape index (κ1) is 18.7. The number of halogens is 2. The molecule has 132 valence electrons. The van der Waals surface area contributed by atoms with Gasteiger partial charge in [-0.1, -0.05) is 6.07 Å². The van der Waals surface area contributed by atoms with Gasteiger partial charge in [0.05, 0.1) is 18.0 Å². The highest BCUT2D eigenvalue weighted by Gasteiger charge is 2.27. The van der Waals surface area contributed by atoms with E-state index in [1.54, 1.807) is 11.5 Å². The Morgan fingerprint density at radius 3 is 2.92 bits per heavy atom. The zero-order valence-electron chi connectivity index (χ0n) is 13.2.